The molecule has 1 atom stereocenters. The average molecular weight is 338 g/mol. The zero-order chi connectivity index (χ0) is 17.4. The van der Waals surface area contributed by atoms with Gasteiger partial charge in [0.05, 0.1) is 18.5 Å². The van der Waals surface area contributed by atoms with E-state index >= 15 is 0 Å². The van der Waals surface area contributed by atoms with E-state index in [0.717, 1.165) is 53.8 Å². The molecule has 0 radical (unpaired) electrons. The maximum atomic E-state index is 5.93. The molecule has 3 aromatic rings. The van der Waals surface area contributed by atoms with E-state index in [-0.39, 0.29) is 6.10 Å². The second kappa shape index (κ2) is 6.50. The van der Waals surface area contributed by atoms with Crippen molar-refractivity contribution < 1.29 is 4.74 Å². The van der Waals surface area contributed by atoms with E-state index in [4.69, 9.17) is 4.74 Å². The fraction of sp³-hybridized carbons (Fsp3) is 0.444. The first-order chi connectivity index (χ1) is 12.1. The number of aromatic nitrogens is 5. The number of aryl methyl sites for hydroxylation is 3. The van der Waals surface area contributed by atoms with Gasteiger partial charge in [0.1, 0.15) is 11.9 Å². The summed E-state index contributed by atoms with van der Waals surface area (Å²) >= 11 is 0. The highest BCUT2D eigenvalue weighted by atomic mass is 16.5. The van der Waals surface area contributed by atoms with Gasteiger partial charge in [-0.3, -0.25) is 4.90 Å². The summed E-state index contributed by atoms with van der Waals surface area (Å²) in [5, 5.41) is 4.49. The lowest BCUT2D eigenvalue weighted by molar-refractivity contribution is -0.0350. The van der Waals surface area contributed by atoms with Crippen LogP contribution in [0.1, 0.15) is 34.6 Å². The van der Waals surface area contributed by atoms with Crippen molar-refractivity contribution >= 4 is 5.65 Å². The summed E-state index contributed by atoms with van der Waals surface area (Å²) in [7, 11) is 0. The molecule has 0 saturated carbocycles. The van der Waals surface area contributed by atoms with E-state index in [2.05, 4.69) is 31.9 Å². The summed E-state index contributed by atoms with van der Waals surface area (Å²) < 4.78 is 7.84. The number of fused-ring (bicyclic) bond motifs is 1. The molecule has 7 nitrogen and oxygen atoms in total. The van der Waals surface area contributed by atoms with Crippen molar-refractivity contribution in [2.45, 2.75) is 33.4 Å². The molecule has 4 heterocycles. The van der Waals surface area contributed by atoms with Gasteiger partial charge in [0.25, 0.3) is 0 Å². The largest absolute Gasteiger partial charge is 0.369 e. The van der Waals surface area contributed by atoms with E-state index in [1.165, 1.54) is 0 Å². The van der Waals surface area contributed by atoms with E-state index in [0.29, 0.717) is 6.61 Å². The molecule has 0 bridgehead atoms. The van der Waals surface area contributed by atoms with Gasteiger partial charge in [-0.2, -0.15) is 5.10 Å². The Kier molecular flexibility index (Phi) is 4.19. The fourth-order valence-corrected chi connectivity index (χ4v) is 3.35. The molecule has 1 saturated heterocycles. The van der Waals surface area contributed by atoms with Crippen LogP contribution in [-0.2, 0) is 11.3 Å². The van der Waals surface area contributed by atoms with E-state index in [9.17, 15) is 0 Å². The third-order valence-electron chi connectivity index (χ3n) is 4.52. The van der Waals surface area contributed by atoms with Crippen molar-refractivity contribution in [1.29, 1.82) is 0 Å². The van der Waals surface area contributed by atoms with Crippen molar-refractivity contribution in [2.24, 2.45) is 0 Å². The summed E-state index contributed by atoms with van der Waals surface area (Å²) in [6.07, 6.45) is 3.70. The van der Waals surface area contributed by atoms with Crippen LogP contribution in [0.3, 0.4) is 0 Å². The number of ether oxygens (including phenoxy) is 1. The first kappa shape index (κ1) is 16.1. The number of hydrogen-bond donors (Lipinski definition) is 0. The molecule has 7 heteroatoms. The molecule has 1 fully saturated rings. The second-order valence-corrected chi connectivity index (χ2v) is 6.57. The van der Waals surface area contributed by atoms with Crippen molar-refractivity contribution in [3.63, 3.8) is 0 Å². The molecule has 130 valence electrons. The van der Waals surface area contributed by atoms with Crippen LogP contribution >= 0.6 is 0 Å². The third kappa shape index (κ3) is 3.25. The van der Waals surface area contributed by atoms with Crippen molar-refractivity contribution in [3.05, 3.63) is 53.0 Å². The average Bonchev–Trinajstić information content (AvgIpc) is 2.98. The molecular weight excluding hydrogens is 316 g/mol. The molecule has 25 heavy (non-hydrogen) atoms. The van der Waals surface area contributed by atoms with Gasteiger partial charge in [-0.15, -0.1) is 0 Å². The van der Waals surface area contributed by atoms with Crippen LogP contribution in [0.4, 0.5) is 0 Å². The van der Waals surface area contributed by atoms with E-state index in [1.54, 1.807) is 6.20 Å². The lowest BCUT2D eigenvalue weighted by atomic mass is 10.2. The normalized spacial score (nSPS) is 18.8. The summed E-state index contributed by atoms with van der Waals surface area (Å²) in [6, 6.07) is 3.98. The van der Waals surface area contributed by atoms with Gasteiger partial charge < -0.3 is 4.74 Å². The fourth-order valence-electron chi connectivity index (χ4n) is 3.35. The Morgan fingerprint density at radius 1 is 1.24 bits per heavy atom. The highest BCUT2D eigenvalue weighted by molar-refractivity contribution is 5.47. The molecule has 0 aliphatic carbocycles. The Bertz CT molecular complexity index is 906. The SMILES string of the molecule is Cc1cc(C)n2ncc(CN3CCOC(c4ccnc(C)n4)C3)c2n1. The topological polar surface area (TPSA) is 68.4 Å². The Morgan fingerprint density at radius 2 is 2.12 bits per heavy atom. The molecule has 1 aliphatic rings. The molecule has 0 aromatic carbocycles. The highest BCUT2D eigenvalue weighted by Gasteiger charge is 2.24. The zero-order valence-corrected chi connectivity index (χ0v) is 14.8. The number of nitrogens with zero attached hydrogens (tertiary/aromatic N) is 6. The van der Waals surface area contributed by atoms with Crippen LogP contribution in [0.15, 0.2) is 24.5 Å². The van der Waals surface area contributed by atoms with Crippen LogP contribution in [0.2, 0.25) is 0 Å². The van der Waals surface area contributed by atoms with E-state index in [1.807, 2.05) is 36.7 Å². The molecule has 1 unspecified atom stereocenters. The van der Waals surface area contributed by atoms with Crippen LogP contribution in [0, 0.1) is 20.8 Å². The number of rotatable bonds is 3. The van der Waals surface area contributed by atoms with Crippen LogP contribution in [0.5, 0.6) is 0 Å². The van der Waals surface area contributed by atoms with E-state index < -0.39 is 0 Å². The van der Waals surface area contributed by atoms with Crippen LogP contribution in [0.25, 0.3) is 5.65 Å². The molecule has 0 spiro atoms. The summed E-state index contributed by atoms with van der Waals surface area (Å²) in [6.45, 7) is 9.18. The standard InChI is InChI=1S/C18H22N6O/c1-12-8-13(2)24-18(21-12)15(9-20-24)10-23-6-7-25-17(11-23)16-4-5-19-14(3)22-16/h4-5,8-9,17H,6-7,10-11H2,1-3H3. The van der Waals surface area contributed by atoms with Gasteiger partial charge in [-0.05, 0) is 32.9 Å². The van der Waals surface area contributed by atoms with Gasteiger partial charge in [-0.1, -0.05) is 0 Å². The Balaban J connectivity index is 1.55. The minimum absolute atomic E-state index is 0.0197. The van der Waals surface area contributed by atoms with Gasteiger partial charge in [0.2, 0.25) is 0 Å². The van der Waals surface area contributed by atoms with Gasteiger partial charge >= 0.3 is 0 Å². The summed E-state index contributed by atoms with van der Waals surface area (Å²) in [5.74, 6) is 0.774. The molecule has 0 N–H and O–H groups in total. The summed E-state index contributed by atoms with van der Waals surface area (Å²) in [5.41, 5.74) is 5.15. The van der Waals surface area contributed by atoms with Crippen LogP contribution in [-0.4, -0.2) is 49.2 Å². The highest BCUT2D eigenvalue weighted by Crippen LogP contribution is 2.22. The van der Waals surface area contributed by atoms with Crippen molar-refractivity contribution in [1.82, 2.24) is 29.5 Å². The third-order valence-corrected chi connectivity index (χ3v) is 4.52. The molecule has 1 aliphatic heterocycles. The second-order valence-electron chi connectivity index (χ2n) is 6.57. The van der Waals surface area contributed by atoms with Crippen LogP contribution < -0.4 is 0 Å². The predicted molar refractivity (Wildman–Crippen MR) is 93.2 cm³/mol. The number of morpholine rings is 1. The lowest BCUT2D eigenvalue weighted by Gasteiger charge is -2.32. The molecule has 0 amide bonds. The van der Waals surface area contributed by atoms with Gasteiger partial charge in [0.15, 0.2) is 5.65 Å². The maximum Gasteiger partial charge on any atom is 0.159 e. The lowest BCUT2D eigenvalue weighted by Crippen LogP contribution is -2.38. The Hall–Kier alpha value is -2.38. The predicted octanol–water partition coefficient (Wildman–Crippen LogP) is 2.02. The minimum atomic E-state index is -0.0197. The zero-order valence-electron chi connectivity index (χ0n) is 14.8. The first-order valence-electron chi connectivity index (χ1n) is 8.54. The first-order valence-corrected chi connectivity index (χ1v) is 8.54. The van der Waals surface area contributed by atoms with Gasteiger partial charge in [0, 0.05) is 42.8 Å². The summed E-state index contributed by atoms with van der Waals surface area (Å²) in [4.78, 5) is 15.7. The monoisotopic (exact) mass is 338 g/mol. The smallest absolute Gasteiger partial charge is 0.159 e. The molecule has 3 aromatic heterocycles. The Labute approximate surface area is 146 Å². The minimum Gasteiger partial charge on any atom is -0.369 e. The number of hydrogen-bond acceptors (Lipinski definition) is 6. The maximum absolute atomic E-state index is 5.93. The molecular formula is C18H22N6O. The quantitative estimate of drug-likeness (QED) is 0.728. The Morgan fingerprint density at radius 3 is 2.96 bits per heavy atom. The van der Waals surface area contributed by atoms with Crippen molar-refractivity contribution in [2.75, 3.05) is 19.7 Å². The van der Waals surface area contributed by atoms with Gasteiger partial charge in [-0.25, -0.2) is 19.5 Å². The van der Waals surface area contributed by atoms with Crippen molar-refractivity contribution in [3.8, 4) is 0 Å². The molecule has 4 rings (SSSR count).